The Hall–Kier alpha value is -0.120. The first kappa shape index (κ1) is 13.3. The minimum Gasteiger partial charge on any atom is -0.378 e. The molecule has 2 rings (SSSR count). The van der Waals surface area contributed by atoms with Crippen molar-refractivity contribution in [3.05, 3.63) is 0 Å². The van der Waals surface area contributed by atoms with Crippen molar-refractivity contribution in [1.29, 1.82) is 0 Å². The van der Waals surface area contributed by atoms with Gasteiger partial charge in [-0.2, -0.15) is 0 Å². The zero-order valence-electron chi connectivity index (χ0n) is 11.3. The van der Waals surface area contributed by atoms with Crippen molar-refractivity contribution in [1.82, 2.24) is 5.32 Å². The largest absolute Gasteiger partial charge is 0.378 e. The molecule has 0 bridgehead atoms. The summed E-state index contributed by atoms with van der Waals surface area (Å²) in [5, 5.41) is 3.67. The van der Waals surface area contributed by atoms with E-state index in [4.69, 9.17) is 9.47 Å². The molecular weight excluding hydrogens is 214 g/mol. The van der Waals surface area contributed by atoms with Gasteiger partial charge < -0.3 is 14.8 Å². The van der Waals surface area contributed by atoms with Crippen molar-refractivity contribution < 1.29 is 9.47 Å². The second kappa shape index (κ2) is 6.72. The molecule has 2 aliphatic heterocycles. The van der Waals surface area contributed by atoms with Crippen LogP contribution in [0, 0.1) is 5.92 Å². The first-order valence-electron chi connectivity index (χ1n) is 7.22. The summed E-state index contributed by atoms with van der Waals surface area (Å²) in [4.78, 5) is 0. The molecule has 17 heavy (non-hydrogen) atoms. The van der Waals surface area contributed by atoms with Gasteiger partial charge in [-0.3, -0.25) is 0 Å². The molecule has 0 aromatic heterocycles. The first-order chi connectivity index (χ1) is 8.25. The Balaban J connectivity index is 1.61. The van der Waals surface area contributed by atoms with Gasteiger partial charge in [0.15, 0.2) is 0 Å². The fraction of sp³-hybridized carbons (Fsp3) is 1.00. The maximum absolute atomic E-state index is 5.78. The quantitative estimate of drug-likeness (QED) is 0.801. The van der Waals surface area contributed by atoms with Crippen LogP contribution in [0.2, 0.25) is 0 Å². The summed E-state index contributed by atoms with van der Waals surface area (Å²) in [5.41, 5.74) is 0. The lowest BCUT2D eigenvalue weighted by molar-refractivity contribution is -0.0247. The molecule has 0 amide bonds. The van der Waals surface area contributed by atoms with E-state index in [1.807, 2.05) is 0 Å². The molecule has 2 fully saturated rings. The molecular formula is C14H27NO2. The van der Waals surface area contributed by atoms with E-state index in [2.05, 4.69) is 19.2 Å². The smallest absolute Gasteiger partial charge is 0.0612 e. The van der Waals surface area contributed by atoms with Gasteiger partial charge in [-0.15, -0.1) is 0 Å². The third kappa shape index (κ3) is 4.23. The van der Waals surface area contributed by atoms with Gasteiger partial charge in [0.1, 0.15) is 0 Å². The lowest BCUT2D eigenvalue weighted by atomic mass is 9.95. The minimum absolute atomic E-state index is 0.448. The Labute approximate surface area is 105 Å². The van der Waals surface area contributed by atoms with Crippen LogP contribution in [0.15, 0.2) is 0 Å². The average Bonchev–Trinajstić information content (AvgIpc) is 2.82. The second-order valence-corrected chi connectivity index (χ2v) is 5.75. The van der Waals surface area contributed by atoms with E-state index < -0.39 is 0 Å². The number of ether oxygens (including phenoxy) is 2. The molecule has 2 saturated heterocycles. The topological polar surface area (TPSA) is 30.5 Å². The SMILES string of the molecule is CC(C)C1CC(NCCC2CCCO2)CCO1. The van der Waals surface area contributed by atoms with Crippen LogP contribution >= 0.6 is 0 Å². The molecule has 0 aromatic carbocycles. The van der Waals surface area contributed by atoms with Crippen molar-refractivity contribution in [3.63, 3.8) is 0 Å². The third-order valence-electron chi connectivity index (χ3n) is 3.98. The van der Waals surface area contributed by atoms with E-state index in [-0.39, 0.29) is 0 Å². The van der Waals surface area contributed by atoms with Crippen molar-refractivity contribution in [2.75, 3.05) is 19.8 Å². The van der Waals surface area contributed by atoms with Gasteiger partial charge in [0.05, 0.1) is 12.2 Å². The van der Waals surface area contributed by atoms with Crippen LogP contribution in [0.25, 0.3) is 0 Å². The van der Waals surface area contributed by atoms with E-state index in [0.29, 0.717) is 24.2 Å². The summed E-state index contributed by atoms with van der Waals surface area (Å²) in [6.07, 6.45) is 6.97. The van der Waals surface area contributed by atoms with Crippen molar-refractivity contribution in [2.45, 2.75) is 64.2 Å². The van der Waals surface area contributed by atoms with E-state index in [0.717, 1.165) is 26.2 Å². The fourth-order valence-corrected chi connectivity index (χ4v) is 2.80. The van der Waals surface area contributed by atoms with Gasteiger partial charge in [-0.1, -0.05) is 13.8 Å². The summed E-state index contributed by atoms with van der Waals surface area (Å²) in [6, 6.07) is 0.651. The summed E-state index contributed by atoms with van der Waals surface area (Å²) in [5.74, 6) is 0.637. The fourth-order valence-electron chi connectivity index (χ4n) is 2.80. The van der Waals surface area contributed by atoms with Crippen LogP contribution in [0.4, 0.5) is 0 Å². The summed E-state index contributed by atoms with van der Waals surface area (Å²) < 4.78 is 11.4. The van der Waals surface area contributed by atoms with E-state index in [9.17, 15) is 0 Å². The Morgan fingerprint density at radius 3 is 2.76 bits per heavy atom. The highest BCUT2D eigenvalue weighted by atomic mass is 16.5. The molecule has 0 saturated carbocycles. The van der Waals surface area contributed by atoms with E-state index in [1.165, 1.54) is 25.7 Å². The van der Waals surface area contributed by atoms with Crippen LogP contribution in [0.1, 0.15) is 46.0 Å². The zero-order chi connectivity index (χ0) is 12.1. The zero-order valence-corrected chi connectivity index (χ0v) is 11.3. The standard InChI is InChI=1S/C14H27NO2/c1-11(2)14-10-12(6-9-17-14)15-7-5-13-4-3-8-16-13/h11-15H,3-10H2,1-2H3. The highest BCUT2D eigenvalue weighted by molar-refractivity contribution is 4.79. The normalized spacial score (nSPS) is 34.4. The third-order valence-corrected chi connectivity index (χ3v) is 3.98. The molecule has 100 valence electrons. The van der Waals surface area contributed by atoms with Crippen LogP contribution in [-0.2, 0) is 9.47 Å². The molecule has 2 heterocycles. The van der Waals surface area contributed by atoms with Crippen molar-refractivity contribution in [3.8, 4) is 0 Å². The Morgan fingerprint density at radius 2 is 2.06 bits per heavy atom. The minimum atomic E-state index is 0.448. The van der Waals surface area contributed by atoms with Gasteiger partial charge in [-0.25, -0.2) is 0 Å². The Kier molecular flexibility index (Phi) is 5.26. The van der Waals surface area contributed by atoms with Gasteiger partial charge in [0.25, 0.3) is 0 Å². The van der Waals surface area contributed by atoms with Crippen LogP contribution < -0.4 is 5.32 Å². The first-order valence-corrected chi connectivity index (χ1v) is 7.22. The number of nitrogens with one attached hydrogen (secondary N) is 1. The van der Waals surface area contributed by atoms with Crippen LogP contribution in [-0.4, -0.2) is 38.0 Å². The lowest BCUT2D eigenvalue weighted by Gasteiger charge is -2.32. The lowest BCUT2D eigenvalue weighted by Crippen LogP contribution is -2.41. The summed E-state index contributed by atoms with van der Waals surface area (Å²) in [6.45, 7) is 7.48. The predicted octanol–water partition coefficient (Wildman–Crippen LogP) is 2.35. The molecule has 1 N–H and O–H groups in total. The number of rotatable bonds is 5. The van der Waals surface area contributed by atoms with Crippen LogP contribution in [0.5, 0.6) is 0 Å². The predicted molar refractivity (Wildman–Crippen MR) is 69.2 cm³/mol. The molecule has 3 unspecified atom stereocenters. The number of hydrogen-bond donors (Lipinski definition) is 1. The van der Waals surface area contributed by atoms with E-state index in [1.54, 1.807) is 0 Å². The van der Waals surface area contributed by atoms with Crippen LogP contribution in [0.3, 0.4) is 0 Å². The van der Waals surface area contributed by atoms with Gasteiger partial charge in [-0.05, 0) is 44.6 Å². The molecule has 0 spiro atoms. The van der Waals surface area contributed by atoms with Crippen molar-refractivity contribution in [2.24, 2.45) is 5.92 Å². The molecule has 3 heteroatoms. The van der Waals surface area contributed by atoms with E-state index >= 15 is 0 Å². The Bertz CT molecular complexity index is 214. The molecule has 2 aliphatic rings. The molecule has 3 atom stereocenters. The monoisotopic (exact) mass is 241 g/mol. The Morgan fingerprint density at radius 1 is 1.18 bits per heavy atom. The van der Waals surface area contributed by atoms with Gasteiger partial charge in [0.2, 0.25) is 0 Å². The molecule has 0 aromatic rings. The maximum Gasteiger partial charge on any atom is 0.0612 e. The van der Waals surface area contributed by atoms with Gasteiger partial charge >= 0.3 is 0 Å². The summed E-state index contributed by atoms with van der Waals surface area (Å²) in [7, 11) is 0. The molecule has 0 aliphatic carbocycles. The maximum atomic E-state index is 5.78. The van der Waals surface area contributed by atoms with Crippen molar-refractivity contribution >= 4 is 0 Å². The highest BCUT2D eigenvalue weighted by Gasteiger charge is 2.24. The molecule has 0 radical (unpaired) electrons. The summed E-state index contributed by atoms with van der Waals surface area (Å²) >= 11 is 0. The highest BCUT2D eigenvalue weighted by Crippen LogP contribution is 2.20. The number of hydrogen-bond acceptors (Lipinski definition) is 3. The molecule has 3 nitrogen and oxygen atoms in total. The van der Waals surface area contributed by atoms with Gasteiger partial charge in [0, 0.05) is 19.3 Å². The second-order valence-electron chi connectivity index (χ2n) is 5.75. The average molecular weight is 241 g/mol.